The third kappa shape index (κ3) is 2.98. The molecule has 4 nitrogen and oxygen atoms in total. The summed E-state index contributed by atoms with van der Waals surface area (Å²) in [7, 11) is 1.74. The summed E-state index contributed by atoms with van der Waals surface area (Å²) in [5, 5.41) is 9.88. The summed E-state index contributed by atoms with van der Waals surface area (Å²) in [5.74, 6) is -0.178. The van der Waals surface area contributed by atoms with Crippen LogP contribution >= 0.6 is 11.3 Å². The average Bonchev–Trinajstić information content (AvgIpc) is 2.70. The Hall–Kier alpha value is -0.940. The molecule has 2 atom stereocenters. The quantitative estimate of drug-likeness (QED) is 0.922. The van der Waals surface area contributed by atoms with Crippen molar-refractivity contribution in [1.29, 1.82) is 0 Å². The van der Waals surface area contributed by atoms with Gasteiger partial charge in [-0.1, -0.05) is 13.3 Å². The molecule has 2 unspecified atom stereocenters. The topological polar surface area (TPSA) is 59.4 Å². The summed E-state index contributed by atoms with van der Waals surface area (Å²) < 4.78 is 5.81. The van der Waals surface area contributed by atoms with E-state index in [0.29, 0.717) is 5.92 Å². The van der Waals surface area contributed by atoms with Gasteiger partial charge in [0.1, 0.15) is 10.6 Å². The average molecular weight is 283 g/mol. The van der Waals surface area contributed by atoms with Gasteiger partial charge in [0, 0.05) is 12.0 Å². The van der Waals surface area contributed by atoms with E-state index in [1.807, 2.05) is 6.92 Å². The Balaban J connectivity index is 2.30. The number of aliphatic carboxylic acids is 1. The molecular weight excluding hydrogens is 262 g/mol. The van der Waals surface area contributed by atoms with Crippen molar-refractivity contribution in [2.24, 2.45) is 5.92 Å². The number of nitrogens with zero attached hydrogens (tertiary/aromatic N) is 1. The van der Waals surface area contributed by atoms with Gasteiger partial charge < -0.3 is 9.84 Å². The van der Waals surface area contributed by atoms with Crippen LogP contribution in [0.4, 0.5) is 0 Å². The smallest absolute Gasteiger partial charge is 0.308 e. The van der Waals surface area contributed by atoms with Crippen molar-refractivity contribution in [3.8, 4) is 0 Å². The Morgan fingerprint density at radius 1 is 1.63 bits per heavy atom. The molecule has 0 amide bonds. The molecule has 1 aliphatic carbocycles. The van der Waals surface area contributed by atoms with Gasteiger partial charge in [0.05, 0.1) is 12.1 Å². The van der Waals surface area contributed by atoms with Gasteiger partial charge in [0.25, 0.3) is 0 Å². The van der Waals surface area contributed by atoms with Gasteiger partial charge in [-0.05, 0) is 32.1 Å². The maximum absolute atomic E-state index is 10.9. The lowest BCUT2D eigenvalue weighted by atomic mass is 9.79. The third-order valence-corrected chi connectivity index (χ3v) is 5.28. The molecular formula is C14H21NO3S. The first-order valence-electron chi connectivity index (χ1n) is 6.70. The van der Waals surface area contributed by atoms with Crippen molar-refractivity contribution in [3.63, 3.8) is 0 Å². The van der Waals surface area contributed by atoms with E-state index < -0.39 is 5.97 Å². The standard InChI is InChI=1S/C14H21NO3S/c1-9-5-4-6-14(8-9,18-3)13-15-10(2)11(19-13)7-12(16)17/h9H,4-8H2,1-3H3,(H,16,17). The summed E-state index contributed by atoms with van der Waals surface area (Å²) in [6, 6.07) is 0. The number of aromatic nitrogens is 1. The van der Waals surface area contributed by atoms with Crippen molar-refractivity contribution < 1.29 is 14.6 Å². The highest BCUT2D eigenvalue weighted by atomic mass is 32.1. The molecule has 0 aromatic carbocycles. The number of hydrogen-bond acceptors (Lipinski definition) is 4. The monoisotopic (exact) mass is 283 g/mol. The number of thiazole rings is 1. The van der Waals surface area contributed by atoms with Crippen molar-refractivity contribution in [2.45, 2.75) is 51.6 Å². The highest BCUT2D eigenvalue weighted by Gasteiger charge is 2.39. The SMILES string of the molecule is COC1(c2nc(C)c(CC(=O)O)s2)CCCC(C)C1. The number of ether oxygens (including phenoxy) is 1. The predicted molar refractivity (Wildman–Crippen MR) is 74.5 cm³/mol. The van der Waals surface area contributed by atoms with Crippen LogP contribution in [0.3, 0.4) is 0 Å². The molecule has 0 spiro atoms. The minimum Gasteiger partial charge on any atom is -0.481 e. The van der Waals surface area contributed by atoms with E-state index in [9.17, 15) is 4.79 Å². The van der Waals surface area contributed by atoms with Crippen LogP contribution in [-0.4, -0.2) is 23.2 Å². The van der Waals surface area contributed by atoms with Crippen LogP contribution in [0.25, 0.3) is 0 Å². The fourth-order valence-corrected chi connectivity index (χ4v) is 4.15. The number of methoxy groups -OCH3 is 1. The molecule has 0 aliphatic heterocycles. The van der Waals surface area contributed by atoms with E-state index in [1.165, 1.54) is 17.8 Å². The van der Waals surface area contributed by atoms with Crippen LogP contribution in [0.15, 0.2) is 0 Å². The minimum absolute atomic E-state index is 0.0544. The third-order valence-electron chi connectivity index (χ3n) is 3.94. The zero-order chi connectivity index (χ0) is 14.0. The molecule has 0 radical (unpaired) electrons. The van der Waals surface area contributed by atoms with Crippen LogP contribution in [0, 0.1) is 12.8 Å². The molecule has 1 N–H and O–H groups in total. The van der Waals surface area contributed by atoms with E-state index in [2.05, 4.69) is 11.9 Å². The van der Waals surface area contributed by atoms with Crippen LogP contribution in [0.2, 0.25) is 0 Å². The molecule has 19 heavy (non-hydrogen) atoms. The molecule has 0 saturated heterocycles. The first-order chi connectivity index (χ1) is 8.97. The van der Waals surface area contributed by atoms with Crippen LogP contribution in [-0.2, 0) is 21.6 Å². The number of carbonyl (C=O) groups is 1. The molecule has 1 aliphatic rings. The second-order valence-electron chi connectivity index (χ2n) is 5.50. The Kier molecular flexibility index (Phi) is 4.26. The Labute approximate surface area is 117 Å². The zero-order valence-corrected chi connectivity index (χ0v) is 12.5. The Bertz CT molecular complexity index is 471. The number of carboxylic acid groups (broad SMARTS) is 1. The fourth-order valence-electron chi connectivity index (χ4n) is 2.89. The van der Waals surface area contributed by atoms with E-state index in [4.69, 9.17) is 9.84 Å². The van der Waals surface area contributed by atoms with Crippen molar-refractivity contribution in [2.75, 3.05) is 7.11 Å². The molecule has 5 heteroatoms. The van der Waals surface area contributed by atoms with Crippen molar-refractivity contribution in [3.05, 3.63) is 15.6 Å². The fraction of sp³-hybridized carbons (Fsp3) is 0.714. The van der Waals surface area contributed by atoms with Gasteiger partial charge in [-0.3, -0.25) is 4.79 Å². The lowest BCUT2D eigenvalue weighted by Crippen LogP contribution is -2.34. The second-order valence-corrected chi connectivity index (χ2v) is 6.58. The van der Waals surface area contributed by atoms with Gasteiger partial charge in [0.2, 0.25) is 0 Å². The van der Waals surface area contributed by atoms with Crippen molar-refractivity contribution in [1.82, 2.24) is 4.98 Å². The Morgan fingerprint density at radius 2 is 2.37 bits per heavy atom. The second kappa shape index (κ2) is 5.59. The van der Waals surface area contributed by atoms with E-state index >= 15 is 0 Å². The Morgan fingerprint density at radius 3 is 2.95 bits per heavy atom. The van der Waals surface area contributed by atoms with Gasteiger partial charge in [-0.25, -0.2) is 4.98 Å². The molecule has 1 aromatic heterocycles. The molecule has 106 valence electrons. The molecule has 1 fully saturated rings. The highest BCUT2D eigenvalue weighted by Crippen LogP contribution is 2.44. The van der Waals surface area contributed by atoms with E-state index in [-0.39, 0.29) is 12.0 Å². The van der Waals surface area contributed by atoms with E-state index in [1.54, 1.807) is 7.11 Å². The largest absolute Gasteiger partial charge is 0.481 e. The molecule has 1 aromatic rings. The molecule has 0 bridgehead atoms. The summed E-state index contributed by atoms with van der Waals surface area (Å²) in [4.78, 5) is 16.3. The molecule has 2 rings (SSSR count). The van der Waals surface area contributed by atoms with Crippen LogP contribution < -0.4 is 0 Å². The number of rotatable bonds is 4. The zero-order valence-electron chi connectivity index (χ0n) is 11.7. The number of aryl methyl sites for hydroxylation is 1. The summed E-state index contributed by atoms with van der Waals surface area (Å²) in [6.45, 7) is 4.12. The summed E-state index contributed by atoms with van der Waals surface area (Å²) in [5.41, 5.74) is 0.529. The number of hydrogen-bond donors (Lipinski definition) is 1. The predicted octanol–water partition coefficient (Wildman–Crippen LogP) is 3.13. The van der Waals surface area contributed by atoms with Gasteiger partial charge in [-0.15, -0.1) is 11.3 Å². The molecule has 1 saturated carbocycles. The van der Waals surface area contributed by atoms with Gasteiger partial charge in [0.15, 0.2) is 0 Å². The normalized spacial score (nSPS) is 27.4. The first kappa shape index (κ1) is 14.5. The maximum atomic E-state index is 10.9. The summed E-state index contributed by atoms with van der Waals surface area (Å²) in [6.07, 6.45) is 4.38. The first-order valence-corrected chi connectivity index (χ1v) is 7.52. The lowest BCUT2D eigenvalue weighted by molar-refractivity contribution is -0.136. The molecule has 1 heterocycles. The maximum Gasteiger partial charge on any atom is 0.308 e. The van der Waals surface area contributed by atoms with Gasteiger partial charge >= 0.3 is 5.97 Å². The summed E-state index contributed by atoms with van der Waals surface area (Å²) >= 11 is 1.50. The lowest BCUT2D eigenvalue weighted by Gasteiger charge is -2.37. The highest BCUT2D eigenvalue weighted by molar-refractivity contribution is 7.12. The van der Waals surface area contributed by atoms with Crippen molar-refractivity contribution >= 4 is 17.3 Å². The van der Waals surface area contributed by atoms with Gasteiger partial charge in [-0.2, -0.15) is 0 Å². The minimum atomic E-state index is -0.804. The number of carboxylic acids is 1. The van der Waals surface area contributed by atoms with Crippen LogP contribution in [0.1, 0.15) is 48.2 Å². The van der Waals surface area contributed by atoms with E-state index in [0.717, 1.165) is 34.8 Å². The van der Waals surface area contributed by atoms with Crippen LogP contribution in [0.5, 0.6) is 0 Å².